The van der Waals surface area contributed by atoms with Crippen LogP contribution in [-0.2, 0) is 6.54 Å². The van der Waals surface area contributed by atoms with Gasteiger partial charge in [0.25, 0.3) is 0 Å². The zero-order valence-electron chi connectivity index (χ0n) is 11.0. The first kappa shape index (κ1) is 13.3. The second kappa shape index (κ2) is 6.74. The molecule has 3 heteroatoms. The maximum atomic E-state index is 13.2. The lowest BCUT2D eigenvalue weighted by Crippen LogP contribution is -2.16. The van der Waals surface area contributed by atoms with Crippen LogP contribution >= 0.6 is 0 Å². The zero-order chi connectivity index (χ0) is 12.8. The van der Waals surface area contributed by atoms with E-state index < -0.39 is 0 Å². The van der Waals surface area contributed by atoms with E-state index in [0.717, 1.165) is 17.9 Å². The van der Waals surface area contributed by atoms with Crippen LogP contribution in [0.5, 0.6) is 5.75 Å². The highest BCUT2D eigenvalue weighted by molar-refractivity contribution is 5.33. The van der Waals surface area contributed by atoms with Crippen molar-refractivity contribution in [2.75, 3.05) is 13.7 Å². The minimum atomic E-state index is -0.203. The number of rotatable bonds is 5. The average Bonchev–Trinajstić information content (AvgIpc) is 2.39. The van der Waals surface area contributed by atoms with Crippen LogP contribution in [0.1, 0.15) is 37.7 Å². The Labute approximate surface area is 109 Å². The van der Waals surface area contributed by atoms with E-state index in [-0.39, 0.29) is 5.82 Å². The van der Waals surface area contributed by atoms with Crippen LogP contribution in [0.2, 0.25) is 0 Å². The molecule has 2 nitrogen and oxygen atoms in total. The average molecular weight is 251 g/mol. The van der Waals surface area contributed by atoms with Crippen molar-refractivity contribution in [1.29, 1.82) is 0 Å². The standard InChI is InChI=1S/C15H22FNO/c1-17-10-13-9-14(16)7-8-15(13)18-11-12-5-3-2-4-6-12/h7-9,12,17H,2-6,10-11H2,1H3. The molecule has 100 valence electrons. The van der Waals surface area contributed by atoms with Crippen LogP contribution in [-0.4, -0.2) is 13.7 Å². The van der Waals surface area contributed by atoms with Crippen molar-refractivity contribution in [2.45, 2.75) is 38.6 Å². The van der Waals surface area contributed by atoms with E-state index in [4.69, 9.17) is 4.74 Å². The summed E-state index contributed by atoms with van der Waals surface area (Å²) in [5, 5.41) is 3.04. The van der Waals surface area contributed by atoms with E-state index >= 15 is 0 Å². The van der Waals surface area contributed by atoms with Gasteiger partial charge in [0.15, 0.2) is 0 Å². The van der Waals surface area contributed by atoms with E-state index in [1.165, 1.54) is 38.2 Å². The smallest absolute Gasteiger partial charge is 0.123 e. The third-order valence-corrected chi connectivity index (χ3v) is 3.59. The first-order valence-electron chi connectivity index (χ1n) is 6.85. The summed E-state index contributed by atoms with van der Waals surface area (Å²) in [6.45, 7) is 1.40. The van der Waals surface area contributed by atoms with E-state index in [2.05, 4.69) is 5.32 Å². The Morgan fingerprint density at radius 2 is 2.06 bits per heavy atom. The summed E-state index contributed by atoms with van der Waals surface area (Å²) >= 11 is 0. The molecule has 0 amide bonds. The molecule has 1 N–H and O–H groups in total. The molecule has 1 saturated carbocycles. The molecule has 0 aromatic heterocycles. The lowest BCUT2D eigenvalue weighted by molar-refractivity contribution is 0.207. The van der Waals surface area contributed by atoms with E-state index in [1.807, 2.05) is 7.05 Å². The topological polar surface area (TPSA) is 21.3 Å². The van der Waals surface area contributed by atoms with Gasteiger partial charge in [-0.3, -0.25) is 0 Å². The summed E-state index contributed by atoms with van der Waals surface area (Å²) in [5.74, 6) is 1.29. The Morgan fingerprint density at radius 3 is 2.78 bits per heavy atom. The molecular formula is C15H22FNO. The molecule has 0 spiro atoms. The van der Waals surface area contributed by atoms with Crippen molar-refractivity contribution in [2.24, 2.45) is 5.92 Å². The van der Waals surface area contributed by atoms with Gasteiger partial charge in [-0.1, -0.05) is 19.3 Å². The van der Waals surface area contributed by atoms with Crippen molar-refractivity contribution in [1.82, 2.24) is 5.32 Å². The summed E-state index contributed by atoms with van der Waals surface area (Å²) in [7, 11) is 1.86. The number of ether oxygens (including phenoxy) is 1. The summed E-state index contributed by atoms with van der Waals surface area (Å²) in [5.41, 5.74) is 0.897. The van der Waals surface area contributed by atoms with Crippen molar-refractivity contribution >= 4 is 0 Å². The van der Waals surface area contributed by atoms with Gasteiger partial charge in [-0.05, 0) is 44.0 Å². The van der Waals surface area contributed by atoms with Gasteiger partial charge in [-0.25, -0.2) is 4.39 Å². The molecule has 0 heterocycles. The van der Waals surface area contributed by atoms with Gasteiger partial charge in [0.1, 0.15) is 11.6 Å². The van der Waals surface area contributed by atoms with Crippen LogP contribution in [0.25, 0.3) is 0 Å². The fraction of sp³-hybridized carbons (Fsp3) is 0.600. The molecule has 1 aromatic rings. The Hall–Kier alpha value is -1.09. The summed E-state index contributed by atoms with van der Waals surface area (Å²) in [6, 6.07) is 4.76. The quantitative estimate of drug-likeness (QED) is 0.864. The molecule has 1 fully saturated rings. The fourth-order valence-corrected chi connectivity index (χ4v) is 2.58. The van der Waals surface area contributed by atoms with Gasteiger partial charge in [-0.2, -0.15) is 0 Å². The van der Waals surface area contributed by atoms with Gasteiger partial charge >= 0.3 is 0 Å². The predicted molar refractivity (Wildman–Crippen MR) is 71.2 cm³/mol. The van der Waals surface area contributed by atoms with E-state index in [1.54, 1.807) is 12.1 Å². The van der Waals surface area contributed by atoms with Crippen LogP contribution in [0.15, 0.2) is 18.2 Å². The minimum absolute atomic E-state index is 0.203. The number of halogens is 1. The van der Waals surface area contributed by atoms with E-state index in [9.17, 15) is 4.39 Å². The van der Waals surface area contributed by atoms with Gasteiger partial charge in [0, 0.05) is 12.1 Å². The normalized spacial score (nSPS) is 16.8. The van der Waals surface area contributed by atoms with Crippen molar-refractivity contribution < 1.29 is 9.13 Å². The molecular weight excluding hydrogens is 229 g/mol. The van der Waals surface area contributed by atoms with Crippen LogP contribution in [0.3, 0.4) is 0 Å². The third kappa shape index (κ3) is 3.70. The number of nitrogens with one attached hydrogen (secondary N) is 1. The lowest BCUT2D eigenvalue weighted by atomic mass is 9.90. The van der Waals surface area contributed by atoms with Crippen molar-refractivity contribution in [3.05, 3.63) is 29.6 Å². The molecule has 2 rings (SSSR count). The molecule has 0 radical (unpaired) electrons. The highest BCUT2D eigenvalue weighted by Gasteiger charge is 2.15. The summed E-state index contributed by atoms with van der Waals surface area (Å²) in [4.78, 5) is 0. The molecule has 0 unspecified atom stereocenters. The summed E-state index contributed by atoms with van der Waals surface area (Å²) in [6.07, 6.45) is 6.53. The van der Waals surface area contributed by atoms with Crippen LogP contribution < -0.4 is 10.1 Å². The minimum Gasteiger partial charge on any atom is -0.493 e. The highest BCUT2D eigenvalue weighted by atomic mass is 19.1. The Balaban J connectivity index is 1.94. The molecule has 1 aliphatic rings. The summed E-state index contributed by atoms with van der Waals surface area (Å²) < 4.78 is 19.1. The molecule has 18 heavy (non-hydrogen) atoms. The lowest BCUT2D eigenvalue weighted by Gasteiger charge is -2.22. The second-order valence-electron chi connectivity index (χ2n) is 5.10. The Morgan fingerprint density at radius 1 is 1.28 bits per heavy atom. The van der Waals surface area contributed by atoms with Gasteiger partial charge in [0.2, 0.25) is 0 Å². The van der Waals surface area contributed by atoms with Crippen LogP contribution in [0.4, 0.5) is 4.39 Å². The zero-order valence-corrected chi connectivity index (χ0v) is 11.0. The Kier molecular flexibility index (Phi) is 5.00. The molecule has 0 saturated heterocycles. The second-order valence-corrected chi connectivity index (χ2v) is 5.10. The largest absolute Gasteiger partial charge is 0.493 e. The predicted octanol–water partition coefficient (Wildman–Crippen LogP) is 3.50. The van der Waals surface area contributed by atoms with Gasteiger partial charge in [-0.15, -0.1) is 0 Å². The highest BCUT2D eigenvalue weighted by Crippen LogP contribution is 2.26. The third-order valence-electron chi connectivity index (χ3n) is 3.59. The molecule has 1 aromatic carbocycles. The number of hydrogen-bond acceptors (Lipinski definition) is 2. The molecule has 0 atom stereocenters. The van der Waals surface area contributed by atoms with E-state index in [0.29, 0.717) is 12.5 Å². The fourth-order valence-electron chi connectivity index (χ4n) is 2.58. The van der Waals surface area contributed by atoms with Crippen molar-refractivity contribution in [3.8, 4) is 5.75 Å². The molecule has 1 aliphatic carbocycles. The van der Waals surface area contributed by atoms with Crippen molar-refractivity contribution in [3.63, 3.8) is 0 Å². The number of benzene rings is 1. The SMILES string of the molecule is CNCc1cc(F)ccc1OCC1CCCCC1. The van der Waals surface area contributed by atoms with Crippen LogP contribution in [0, 0.1) is 11.7 Å². The molecule has 0 aliphatic heterocycles. The maximum absolute atomic E-state index is 13.2. The first-order chi connectivity index (χ1) is 8.79. The van der Waals surface area contributed by atoms with Gasteiger partial charge in [0.05, 0.1) is 6.61 Å². The first-order valence-corrected chi connectivity index (χ1v) is 6.85. The Bertz CT molecular complexity index is 375. The van der Waals surface area contributed by atoms with Gasteiger partial charge < -0.3 is 10.1 Å². The molecule has 0 bridgehead atoms. The monoisotopic (exact) mass is 251 g/mol. The maximum Gasteiger partial charge on any atom is 0.123 e. The number of hydrogen-bond donors (Lipinski definition) is 1.